The van der Waals surface area contributed by atoms with E-state index in [1.165, 1.54) is 0 Å². The summed E-state index contributed by atoms with van der Waals surface area (Å²) in [6, 6.07) is 0.402. The molecule has 1 unspecified atom stereocenters. The highest BCUT2D eigenvalue weighted by molar-refractivity contribution is 4.59. The second kappa shape index (κ2) is 6.99. The maximum absolute atomic E-state index is 8.44. The minimum Gasteiger partial charge on any atom is -0.396 e. The number of hydrogen-bond donors (Lipinski definition) is 3. The lowest BCUT2D eigenvalue weighted by Gasteiger charge is -2.09. The van der Waals surface area contributed by atoms with Crippen molar-refractivity contribution in [2.24, 2.45) is 5.73 Å². The van der Waals surface area contributed by atoms with Crippen LogP contribution in [-0.2, 0) is 0 Å². The van der Waals surface area contributed by atoms with E-state index in [1.54, 1.807) is 0 Å². The fourth-order valence-corrected chi connectivity index (χ4v) is 0.669. The molecule has 0 aromatic carbocycles. The lowest BCUT2D eigenvalue weighted by atomic mass is 10.3. The Morgan fingerprint density at radius 1 is 1.50 bits per heavy atom. The van der Waals surface area contributed by atoms with Crippen LogP contribution in [0.5, 0.6) is 0 Å². The smallest absolute Gasteiger partial charge is 0.0431 e. The molecule has 0 aliphatic carbocycles. The van der Waals surface area contributed by atoms with Crippen molar-refractivity contribution in [1.29, 1.82) is 0 Å². The standard InChI is InChI=1S/C7H18N2O/c1-7(6-8)9-4-2-3-5-10/h7,9-10H,2-6,8H2,1H3. The van der Waals surface area contributed by atoms with Crippen LogP contribution >= 0.6 is 0 Å². The average molecular weight is 146 g/mol. The van der Waals surface area contributed by atoms with Crippen LogP contribution in [0.1, 0.15) is 19.8 Å². The molecule has 0 aliphatic rings. The van der Waals surface area contributed by atoms with Gasteiger partial charge < -0.3 is 16.2 Å². The molecular formula is C7H18N2O. The van der Waals surface area contributed by atoms with Gasteiger partial charge in [-0.25, -0.2) is 0 Å². The number of unbranched alkanes of at least 4 members (excludes halogenated alkanes) is 1. The van der Waals surface area contributed by atoms with E-state index in [0.717, 1.165) is 19.4 Å². The number of nitrogens with two attached hydrogens (primary N) is 1. The highest BCUT2D eigenvalue weighted by Gasteiger charge is 1.94. The van der Waals surface area contributed by atoms with E-state index < -0.39 is 0 Å². The number of hydrogen-bond acceptors (Lipinski definition) is 3. The molecule has 0 fully saturated rings. The third kappa shape index (κ3) is 6.01. The van der Waals surface area contributed by atoms with Crippen molar-refractivity contribution in [2.75, 3.05) is 19.7 Å². The summed E-state index contributed by atoms with van der Waals surface area (Å²) in [7, 11) is 0. The summed E-state index contributed by atoms with van der Waals surface area (Å²) in [5, 5.41) is 11.7. The van der Waals surface area contributed by atoms with Gasteiger partial charge in [0.05, 0.1) is 0 Å². The van der Waals surface area contributed by atoms with Crippen LogP contribution in [0.3, 0.4) is 0 Å². The summed E-state index contributed by atoms with van der Waals surface area (Å²) in [6.45, 7) is 3.98. The Balaban J connectivity index is 2.89. The highest BCUT2D eigenvalue weighted by atomic mass is 16.2. The fraction of sp³-hybridized carbons (Fsp3) is 1.00. The SMILES string of the molecule is CC(CN)NCCCCO. The molecule has 0 saturated carbocycles. The third-order valence-electron chi connectivity index (χ3n) is 1.43. The second-order valence-corrected chi connectivity index (χ2v) is 2.52. The normalized spacial score (nSPS) is 13.5. The largest absolute Gasteiger partial charge is 0.396 e. The average Bonchev–Trinajstić information content (AvgIpc) is 1.98. The molecule has 1 atom stereocenters. The summed E-state index contributed by atoms with van der Waals surface area (Å²) in [5.74, 6) is 0. The lowest BCUT2D eigenvalue weighted by molar-refractivity contribution is 0.283. The van der Waals surface area contributed by atoms with E-state index in [0.29, 0.717) is 19.2 Å². The van der Waals surface area contributed by atoms with Crippen molar-refractivity contribution >= 4 is 0 Å². The quantitative estimate of drug-likeness (QED) is 0.451. The van der Waals surface area contributed by atoms with Crippen molar-refractivity contribution in [3.05, 3.63) is 0 Å². The zero-order valence-corrected chi connectivity index (χ0v) is 6.64. The first-order chi connectivity index (χ1) is 4.81. The molecule has 0 spiro atoms. The monoisotopic (exact) mass is 146 g/mol. The Morgan fingerprint density at radius 2 is 2.20 bits per heavy atom. The summed E-state index contributed by atoms with van der Waals surface area (Å²) >= 11 is 0. The molecule has 0 amide bonds. The molecule has 0 heterocycles. The van der Waals surface area contributed by atoms with Crippen LogP contribution in [0.25, 0.3) is 0 Å². The Kier molecular flexibility index (Phi) is 6.91. The number of aliphatic hydroxyl groups is 1. The Labute approximate surface area is 62.6 Å². The molecule has 0 aliphatic heterocycles. The summed E-state index contributed by atoms with van der Waals surface area (Å²) < 4.78 is 0. The number of aliphatic hydroxyl groups excluding tert-OH is 1. The first-order valence-corrected chi connectivity index (χ1v) is 3.85. The van der Waals surface area contributed by atoms with Gasteiger partial charge in [-0.05, 0) is 26.3 Å². The molecule has 0 saturated heterocycles. The van der Waals surface area contributed by atoms with Crippen molar-refractivity contribution in [3.8, 4) is 0 Å². The Hall–Kier alpha value is -0.120. The molecule has 62 valence electrons. The van der Waals surface area contributed by atoms with Gasteiger partial charge in [-0.2, -0.15) is 0 Å². The van der Waals surface area contributed by atoms with Gasteiger partial charge in [0.25, 0.3) is 0 Å². The zero-order chi connectivity index (χ0) is 7.82. The predicted molar refractivity (Wildman–Crippen MR) is 42.8 cm³/mol. The Morgan fingerprint density at radius 3 is 2.70 bits per heavy atom. The highest BCUT2D eigenvalue weighted by Crippen LogP contribution is 1.85. The molecule has 0 bridgehead atoms. The molecule has 0 aromatic heterocycles. The minimum absolute atomic E-state index is 0.290. The van der Waals surface area contributed by atoms with Crippen LogP contribution < -0.4 is 11.1 Å². The summed E-state index contributed by atoms with van der Waals surface area (Å²) in [4.78, 5) is 0. The van der Waals surface area contributed by atoms with E-state index in [9.17, 15) is 0 Å². The van der Waals surface area contributed by atoms with Gasteiger partial charge >= 0.3 is 0 Å². The van der Waals surface area contributed by atoms with E-state index >= 15 is 0 Å². The van der Waals surface area contributed by atoms with E-state index in [-0.39, 0.29) is 0 Å². The predicted octanol–water partition coefficient (Wildman–Crippen LogP) is -0.304. The van der Waals surface area contributed by atoms with E-state index in [2.05, 4.69) is 12.2 Å². The van der Waals surface area contributed by atoms with Crippen LogP contribution in [0, 0.1) is 0 Å². The molecule has 3 heteroatoms. The number of nitrogens with one attached hydrogen (secondary N) is 1. The lowest BCUT2D eigenvalue weighted by Crippen LogP contribution is -2.33. The van der Waals surface area contributed by atoms with Crippen molar-refractivity contribution in [2.45, 2.75) is 25.8 Å². The molecule has 3 nitrogen and oxygen atoms in total. The first kappa shape index (κ1) is 9.88. The topological polar surface area (TPSA) is 58.3 Å². The number of rotatable bonds is 6. The maximum atomic E-state index is 8.44. The van der Waals surface area contributed by atoms with E-state index in [4.69, 9.17) is 10.8 Å². The summed E-state index contributed by atoms with van der Waals surface area (Å²) in [6.07, 6.45) is 1.91. The molecule has 0 rings (SSSR count). The van der Waals surface area contributed by atoms with Crippen LogP contribution in [-0.4, -0.2) is 30.8 Å². The Bertz CT molecular complexity index is 68.6. The first-order valence-electron chi connectivity index (χ1n) is 3.85. The van der Waals surface area contributed by atoms with Crippen LogP contribution in [0.15, 0.2) is 0 Å². The van der Waals surface area contributed by atoms with Crippen LogP contribution in [0.4, 0.5) is 0 Å². The van der Waals surface area contributed by atoms with Crippen LogP contribution in [0.2, 0.25) is 0 Å². The molecule has 0 radical (unpaired) electrons. The van der Waals surface area contributed by atoms with Gasteiger partial charge in [-0.3, -0.25) is 0 Å². The van der Waals surface area contributed by atoms with Gasteiger partial charge in [0.2, 0.25) is 0 Å². The van der Waals surface area contributed by atoms with Gasteiger partial charge in [-0.15, -0.1) is 0 Å². The fourth-order valence-electron chi connectivity index (χ4n) is 0.669. The maximum Gasteiger partial charge on any atom is 0.0431 e. The van der Waals surface area contributed by atoms with Gasteiger partial charge in [0.1, 0.15) is 0 Å². The van der Waals surface area contributed by atoms with Gasteiger partial charge in [0.15, 0.2) is 0 Å². The molecular weight excluding hydrogens is 128 g/mol. The van der Waals surface area contributed by atoms with Crippen molar-refractivity contribution in [3.63, 3.8) is 0 Å². The molecule has 10 heavy (non-hydrogen) atoms. The van der Waals surface area contributed by atoms with Crippen molar-refractivity contribution in [1.82, 2.24) is 5.32 Å². The van der Waals surface area contributed by atoms with Crippen molar-refractivity contribution < 1.29 is 5.11 Å². The molecule has 0 aromatic rings. The van der Waals surface area contributed by atoms with Gasteiger partial charge in [-0.1, -0.05) is 0 Å². The van der Waals surface area contributed by atoms with Gasteiger partial charge in [0, 0.05) is 19.2 Å². The minimum atomic E-state index is 0.290. The molecule has 4 N–H and O–H groups in total. The second-order valence-electron chi connectivity index (χ2n) is 2.52. The zero-order valence-electron chi connectivity index (χ0n) is 6.64. The van der Waals surface area contributed by atoms with E-state index in [1.807, 2.05) is 0 Å². The third-order valence-corrected chi connectivity index (χ3v) is 1.43. The summed E-state index contributed by atoms with van der Waals surface area (Å²) in [5.41, 5.74) is 5.37.